The molecule has 10 heteroatoms. The van der Waals surface area contributed by atoms with Crippen molar-refractivity contribution in [3.8, 4) is 11.5 Å². The second-order valence-corrected chi connectivity index (χ2v) is 8.42. The van der Waals surface area contributed by atoms with E-state index in [1.54, 1.807) is 17.5 Å². The van der Waals surface area contributed by atoms with Crippen molar-refractivity contribution in [2.75, 3.05) is 18.0 Å². The smallest absolute Gasteiger partial charge is 0.263 e. The van der Waals surface area contributed by atoms with Gasteiger partial charge in [-0.05, 0) is 26.7 Å². The van der Waals surface area contributed by atoms with E-state index in [0.717, 1.165) is 48.0 Å². The highest BCUT2D eigenvalue weighted by Crippen LogP contribution is 2.30. The van der Waals surface area contributed by atoms with Crippen LogP contribution in [0.1, 0.15) is 42.1 Å². The monoisotopic (exact) mass is 427 g/mol. The molecule has 0 radical (unpaired) electrons. The van der Waals surface area contributed by atoms with E-state index in [9.17, 15) is 4.79 Å². The van der Waals surface area contributed by atoms with Gasteiger partial charge < -0.3 is 14.7 Å². The molecule has 1 fully saturated rings. The molecule has 0 aliphatic carbocycles. The van der Waals surface area contributed by atoms with Crippen LogP contribution in [0.2, 0.25) is 0 Å². The largest absolute Gasteiger partial charge is 0.356 e. The Balaban J connectivity index is 1.41. The topological polar surface area (TPSA) is 110 Å². The Morgan fingerprint density at radius 3 is 2.73 bits per heavy atom. The molecule has 0 atom stereocenters. The van der Waals surface area contributed by atoms with Gasteiger partial charge in [-0.15, -0.1) is 11.3 Å². The van der Waals surface area contributed by atoms with Crippen LogP contribution in [-0.2, 0) is 17.8 Å². The highest BCUT2D eigenvalue weighted by atomic mass is 32.1. The summed E-state index contributed by atoms with van der Waals surface area (Å²) in [6.45, 7) is 7.74. The zero-order chi connectivity index (χ0) is 21.1. The first-order valence-corrected chi connectivity index (χ1v) is 11.0. The standard InChI is InChI=1S/C20H25N7O2S/c1-4-17-25-20(29-26-17)16-10-21-12(2)23-18(16)27-7-5-14(6-8-27)19(28)22-9-15-11-30-13(3)24-15/h10-11,14H,4-9H2,1-3H3,(H,22,28). The lowest BCUT2D eigenvalue weighted by Gasteiger charge is -2.32. The molecule has 0 bridgehead atoms. The normalized spacial score (nSPS) is 14.8. The third-order valence-corrected chi connectivity index (χ3v) is 6.00. The number of anilines is 1. The predicted molar refractivity (Wildman–Crippen MR) is 113 cm³/mol. The summed E-state index contributed by atoms with van der Waals surface area (Å²) in [4.78, 5) is 32.5. The highest BCUT2D eigenvalue weighted by molar-refractivity contribution is 7.09. The number of hydrogen-bond donors (Lipinski definition) is 1. The molecule has 1 amide bonds. The number of carbonyl (C=O) groups is 1. The summed E-state index contributed by atoms with van der Waals surface area (Å²) in [5, 5.41) is 10.00. The molecular formula is C20H25N7O2S. The third-order valence-electron chi connectivity index (χ3n) is 5.18. The van der Waals surface area contributed by atoms with Crippen LogP contribution < -0.4 is 10.2 Å². The molecule has 4 heterocycles. The quantitative estimate of drug-likeness (QED) is 0.639. The molecule has 30 heavy (non-hydrogen) atoms. The molecule has 1 aliphatic heterocycles. The summed E-state index contributed by atoms with van der Waals surface area (Å²) in [5.74, 6) is 2.63. The van der Waals surface area contributed by atoms with Crippen molar-refractivity contribution in [3.63, 3.8) is 0 Å². The van der Waals surface area contributed by atoms with Gasteiger partial charge in [0.25, 0.3) is 5.89 Å². The van der Waals surface area contributed by atoms with Gasteiger partial charge in [0.15, 0.2) is 5.82 Å². The first-order chi connectivity index (χ1) is 14.5. The zero-order valence-corrected chi connectivity index (χ0v) is 18.2. The van der Waals surface area contributed by atoms with Gasteiger partial charge in [-0.1, -0.05) is 12.1 Å². The van der Waals surface area contributed by atoms with Gasteiger partial charge in [-0.25, -0.2) is 15.0 Å². The molecule has 0 spiro atoms. The second-order valence-electron chi connectivity index (χ2n) is 7.36. The fourth-order valence-corrected chi connectivity index (χ4v) is 4.13. The van der Waals surface area contributed by atoms with E-state index >= 15 is 0 Å². The molecule has 0 aromatic carbocycles. The number of piperidine rings is 1. The van der Waals surface area contributed by atoms with Crippen LogP contribution >= 0.6 is 11.3 Å². The number of amides is 1. The Morgan fingerprint density at radius 2 is 2.07 bits per heavy atom. The Labute approximate surface area is 179 Å². The van der Waals surface area contributed by atoms with Crippen LogP contribution in [0.15, 0.2) is 16.1 Å². The number of hydrogen-bond acceptors (Lipinski definition) is 9. The Morgan fingerprint density at radius 1 is 1.27 bits per heavy atom. The number of nitrogens with zero attached hydrogens (tertiary/aromatic N) is 6. The van der Waals surface area contributed by atoms with Crippen molar-refractivity contribution in [2.24, 2.45) is 5.92 Å². The van der Waals surface area contributed by atoms with Crippen molar-refractivity contribution in [1.29, 1.82) is 0 Å². The van der Waals surface area contributed by atoms with E-state index in [1.807, 2.05) is 26.2 Å². The minimum atomic E-state index is -0.0116. The average molecular weight is 428 g/mol. The maximum Gasteiger partial charge on any atom is 0.263 e. The lowest BCUT2D eigenvalue weighted by atomic mass is 9.95. The minimum absolute atomic E-state index is 0.0116. The molecule has 3 aromatic heterocycles. The van der Waals surface area contributed by atoms with Gasteiger partial charge in [0.1, 0.15) is 17.2 Å². The Kier molecular flexibility index (Phi) is 6.03. The van der Waals surface area contributed by atoms with Gasteiger partial charge >= 0.3 is 0 Å². The number of thiazole rings is 1. The molecular weight excluding hydrogens is 402 g/mol. The van der Waals surface area contributed by atoms with Crippen molar-refractivity contribution in [2.45, 2.75) is 46.6 Å². The van der Waals surface area contributed by atoms with Crippen LogP contribution in [-0.4, -0.2) is 44.1 Å². The van der Waals surface area contributed by atoms with E-state index in [4.69, 9.17) is 4.52 Å². The lowest BCUT2D eigenvalue weighted by molar-refractivity contribution is -0.125. The molecule has 1 aliphatic rings. The summed E-state index contributed by atoms with van der Waals surface area (Å²) in [6, 6.07) is 0. The summed E-state index contributed by atoms with van der Waals surface area (Å²) in [5.41, 5.74) is 1.64. The van der Waals surface area contributed by atoms with Crippen LogP contribution in [0.5, 0.6) is 0 Å². The van der Waals surface area contributed by atoms with Crippen molar-refractivity contribution < 1.29 is 9.32 Å². The van der Waals surface area contributed by atoms with Crippen molar-refractivity contribution in [3.05, 3.63) is 33.9 Å². The minimum Gasteiger partial charge on any atom is -0.356 e. The summed E-state index contributed by atoms with van der Waals surface area (Å²) in [7, 11) is 0. The molecule has 1 saturated heterocycles. The summed E-state index contributed by atoms with van der Waals surface area (Å²) < 4.78 is 5.41. The fourth-order valence-electron chi connectivity index (χ4n) is 3.52. The van der Waals surface area contributed by atoms with Crippen molar-refractivity contribution >= 4 is 23.1 Å². The van der Waals surface area contributed by atoms with E-state index < -0.39 is 0 Å². The lowest BCUT2D eigenvalue weighted by Crippen LogP contribution is -2.41. The Hall–Kier alpha value is -2.88. The van der Waals surface area contributed by atoms with Crippen LogP contribution in [0.4, 0.5) is 5.82 Å². The SMILES string of the molecule is CCc1noc(-c2cnc(C)nc2N2CCC(C(=O)NCc3csc(C)n3)CC2)n1. The number of aromatic nitrogens is 5. The van der Waals surface area contributed by atoms with Gasteiger partial charge in [0.2, 0.25) is 5.91 Å². The van der Waals surface area contributed by atoms with E-state index in [-0.39, 0.29) is 11.8 Å². The first kappa shape index (κ1) is 20.4. The van der Waals surface area contributed by atoms with Gasteiger partial charge in [-0.3, -0.25) is 4.79 Å². The fraction of sp³-hybridized carbons (Fsp3) is 0.500. The van der Waals surface area contributed by atoms with Gasteiger partial charge in [0, 0.05) is 37.0 Å². The second kappa shape index (κ2) is 8.86. The first-order valence-electron chi connectivity index (χ1n) is 10.1. The van der Waals surface area contributed by atoms with Crippen LogP contribution in [0.3, 0.4) is 0 Å². The third kappa shape index (κ3) is 4.48. The van der Waals surface area contributed by atoms with Crippen molar-refractivity contribution in [1.82, 2.24) is 30.4 Å². The predicted octanol–water partition coefficient (Wildman–Crippen LogP) is 2.70. The Bertz CT molecular complexity index is 1020. The number of carbonyl (C=O) groups excluding carboxylic acids is 1. The molecule has 0 saturated carbocycles. The molecule has 3 aromatic rings. The van der Waals surface area contributed by atoms with Crippen LogP contribution in [0.25, 0.3) is 11.5 Å². The van der Waals surface area contributed by atoms with E-state index in [1.165, 1.54) is 0 Å². The highest BCUT2D eigenvalue weighted by Gasteiger charge is 2.28. The number of aryl methyl sites for hydroxylation is 3. The maximum atomic E-state index is 12.6. The molecule has 1 N–H and O–H groups in total. The van der Waals surface area contributed by atoms with Gasteiger partial charge in [-0.2, -0.15) is 4.98 Å². The number of rotatable bonds is 6. The molecule has 4 rings (SSSR count). The average Bonchev–Trinajstić information content (AvgIpc) is 3.41. The number of nitrogens with one attached hydrogen (secondary N) is 1. The van der Waals surface area contributed by atoms with Gasteiger partial charge in [0.05, 0.1) is 17.2 Å². The molecule has 0 unspecified atom stereocenters. The maximum absolute atomic E-state index is 12.6. The molecule has 158 valence electrons. The van der Waals surface area contributed by atoms with E-state index in [2.05, 4.69) is 35.3 Å². The summed E-state index contributed by atoms with van der Waals surface area (Å²) >= 11 is 1.59. The van der Waals surface area contributed by atoms with E-state index in [0.29, 0.717) is 30.5 Å². The zero-order valence-electron chi connectivity index (χ0n) is 17.4. The van der Waals surface area contributed by atoms with Crippen LogP contribution in [0, 0.1) is 19.8 Å². The summed E-state index contributed by atoms with van der Waals surface area (Å²) in [6.07, 6.45) is 3.95. The molecule has 9 nitrogen and oxygen atoms in total.